The molecule has 33 heavy (non-hydrogen) atoms. The SMILES string of the molecule is Cc1c(Nc2c(C#N)cncc2-c2cnc(N3CCOCC3)c(C#N)c2)ccc2[nH]ccc12. The van der Waals surface area contributed by atoms with E-state index in [1.807, 2.05) is 37.4 Å². The maximum absolute atomic E-state index is 9.81. The van der Waals surface area contributed by atoms with Crippen molar-refractivity contribution in [3.63, 3.8) is 0 Å². The van der Waals surface area contributed by atoms with E-state index in [1.54, 1.807) is 12.4 Å². The molecule has 0 saturated carbocycles. The lowest BCUT2D eigenvalue weighted by atomic mass is 10.0. The first-order valence-electron chi connectivity index (χ1n) is 10.6. The van der Waals surface area contributed by atoms with Gasteiger partial charge in [-0.05, 0) is 36.8 Å². The predicted octanol–water partition coefficient (Wildman–Crippen LogP) is 4.26. The number of nitriles is 2. The molecule has 8 heteroatoms. The minimum atomic E-state index is 0.414. The Balaban J connectivity index is 1.58. The van der Waals surface area contributed by atoms with Crippen LogP contribution < -0.4 is 10.2 Å². The molecule has 162 valence electrons. The largest absolute Gasteiger partial charge is 0.378 e. The van der Waals surface area contributed by atoms with Crippen LogP contribution in [-0.2, 0) is 4.74 Å². The maximum atomic E-state index is 9.81. The van der Waals surface area contributed by atoms with E-state index in [2.05, 4.69) is 37.3 Å². The first-order valence-corrected chi connectivity index (χ1v) is 10.6. The molecule has 1 saturated heterocycles. The standard InChI is InChI=1S/C25H21N7O/c1-16-20-4-5-29-23(20)3-2-22(16)31-24-19(12-27)13-28-15-21(24)18-10-17(11-26)25(30-14-18)32-6-8-33-9-7-32/h2-5,10,13-15,29H,6-9H2,1H3,(H,28,31). The summed E-state index contributed by atoms with van der Waals surface area (Å²) in [5.41, 5.74) is 5.97. The van der Waals surface area contributed by atoms with Crippen LogP contribution in [0.2, 0.25) is 0 Å². The van der Waals surface area contributed by atoms with Gasteiger partial charge in [-0.3, -0.25) is 4.98 Å². The van der Waals surface area contributed by atoms with E-state index in [9.17, 15) is 10.5 Å². The van der Waals surface area contributed by atoms with Crippen molar-refractivity contribution in [3.8, 4) is 23.3 Å². The zero-order valence-corrected chi connectivity index (χ0v) is 18.1. The van der Waals surface area contributed by atoms with Crippen LogP contribution in [0.25, 0.3) is 22.0 Å². The summed E-state index contributed by atoms with van der Waals surface area (Å²) in [5, 5.41) is 24.1. The second-order valence-corrected chi connectivity index (χ2v) is 7.83. The molecule has 3 aromatic heterocycles. The molecule has 0 spiro atoms. The zero-order valence-electron chi connectivity index (χ0n) is 18.1. The minimum absolute atomic E-state index is 0.414. The lowest BCUT2D eigenvalue weighted by Gasteiger charge is -2.28. The first kappa shape index (κ1) is 20.5. The Bertz CT molecular complexity index is 1420. The number of aromatic amines is 1. The van der Waals surface area contributed by atoms with Gasteiger partial charge in [0.1, 0.15) is 18.0 Å². The average molecular weight is 435 g/mol. The van der Waals surface area contributed by atoms with Crippen molar-refractivity contribution >= 4 is 28.1 Å². The normalized spacial score (nSPS) is 13.5. The summed E-state index contributed by atoms with van der Waals surface area (Å²) in [5.74, 6) is 0.650. The zero-order chi connectivity index (χ0) is 22.8. The van der Waals surface area contributed by atoms with Gasteiger partial charge in [-0.2, -0.15) is 10.5 Å². The molecule has 1 fully saturated rings. The molecule has 4 aromatic rings. The van der Waals surface area contributed by atoms with Gasteiger partial charge >= 0.3 is 0 Å². The molecule has 5 rings (SSSR count). The topological polar surface area (TPSA) is 114 Å². The summed E-state index contributed by atoms with van der Waals surface area (Å²) >= 11 is 0. The van der Waals surface area contributed by atoms with E-state index in [1.165, 1.54) is 6.20 Å². The first-order chi connectivity index (χ1) is 16.2. The molecule has 0 unspecified atom stereocenters. The van der Waals surface area contributed by atoms with Crippen LogP contribution in [0, 0.1) is 29.6 Å². The van der Waals surface area contributed by atoms with Gasteiger partial charge in [0.25, 0.3) is 0 Å². The molecular formula is C25H21N7O. The number of rotatable bonds is 4. The van der Waals surface area contributed by atoms with Crippen molar-refractivity contribution in [2.24, 2.45) is 0 Å². The molecular weight excluding hydrogens is 414 g/mol. The number of morpholine rings is 1. The van der Waals surface area contributed by atoms with E-state index in [-0.39, 0.29) is 0 Å². The molecule has 0 radical (unpaired) electrons. The number of nitrogens with zero attached hydrogens (tertiary/aromatic N) is 5. The van der Waals surface area contributed by atoms with E-state index >= 15 is 0 Å². The number of hydrogen-bond donors (Lipinski definition) is 2. The molecule has 0 atom stereocenters. The lowest BCUT2D eigenvalue weighted by Crippen LogP contribution is -2.37. The van der Waals surface area contributed by atoms with Crippen molar-refractivity contribution in [1.82, 2.24) is 15.0 Å². The van der Waals surface area contributed by atoms with Gasteiger partial charge in [0.2, 0.25) is 0 Å². The van der Waals surface area contributed by atoms with Crippen molar-refractivity contribution in [2.75, 3.05) is 36.5 Å². The summed E-state index contributed by atoms with van der Waals surface area (Å²) in [6.45, 7) is 4.65. The maximum Gasteiger partial charge on any atom is 0.146 e. The number of benzene rings is 1. The Kier molecular flexibility index (Phi) is 5.35. The highest BCUT2D eigenvalue weighted by Gasteiger charge is 2.19. The number of aromatic nitrogens is 3. The molecule has 2 N–H and O–H groups in total. The van der Waals surface area contributed by atoms with Crippen molar-refractivity contribution in [2.45, 2.75) is 6.92 Å². The Morgan fingerprint density at radius 1 is 1.06 bits per heavy atom. The van der Waals surface area contributed by atoms with Crippen LogP contribution in [0.5, 0.6) is 0 Å². The van der Waals surface area contributed by atoms with Gasteiger partial charge in [-0.15, -0.1) is 0 Å². The van der Waals surface area contributed by atoms with Crippen LogP contribution in [0.3, 0.4) is 0 Å². The third-order valence-electron chi connectivity index (χ3n) is 5.94. The fourth-order valence-electron chi connectivity index (χ4n) is 4.17. The Hall–Kier alpha value is -4.40. The fraction of sp³-hybridized carbons (Fsp3) is 0.200. The lowest BCUT2D eigenvalue weighted by molar-refractivity contribution is 0.122. The minimum Gasteiger partial charge on any atom is -0.378 e. The third kappa shape index (κ3) is 3.73. The molecule has 0 amide bonds. The second-order valence-electron chi connectivity index (χ2n) is 7.83. The smallest absolute Gasteiger partial charge is 0.146 e. The number of fused-ring (bicyclic) bond motifs is 1. The quantitative estimate of drug-likeness (QED) is 0.492. The molecule has 8 nitrogen and oxygen atoms in total. The number of anilines is 3. The van der Waals surface area contributed by atoms with Crippen molar-refractivity contribution < 1.29 is 4.74 Å². The summed E-state index contributed by atoms with van der Waals surface area (Å²) < 4.78 is 5.42. The highest BCUT2D eigenvalue weighted by atomic mass is 16.5. The van der Waals surface area contributed by atoms with Crippen LogP contribution in [0.15, 0.2) is 49.1 Å². The van der Waals surface area contributed by atoms with Gasteiger partial charge in [0, 0.05) is 65.6 Å². The second kappa shape index (κ2) is 8.62. The van der Waals surface area contributed by atoms with Crippen LogP contribution in [0.4, 0.5) is 17.2 Å². The van der Waals surface area contributed by atoms with Gasteiger partial charge < -0.3 is 19.9 Å². The number of pyridine rings is 2. The van der Waals surface area contributed by atoms with Gasteiger partial charge in [0.15, 0.2) is 0 Å². The summed E-state index contributed by atoms with van der Waals surface area (Å²) in [6.07, 6.45) is 6.87. The summed E-state index contributed by atoms with van der Waals surface area (Å²) in [7, 11) is 0. The van der Waals surface area contributed by atoms with E-state index in [0.717, 1.165) is 27.7 Å². The van der Waals surface area contributed by atoms with Crippen molar-refractivity contribution in [1.29, 1.82) is 10.5 Å². The van der Waals surface area contributed by atoms with Gasteiger partial charge in [-0.1, -0.05) is 0 Å². The number of nitrogens with one attached hydrogen (secondary N) is 2. The van der Waals surface area contributed by atoms with Crippen LogP contribution in [0.1, 0.15) is 16.7 Å². The molecule has 0 aliphatic carbocycles. The average Bonchev–Trinajstić information content (AvgIpc) is 3.36. The Morgan fingerprint density at radius 2 is 1.88 bits per heavy atom. The summed E-state index contributed by atoms with van der Waals surface area (Å²) in [6, 6.07) is 12.3. The Labute approximate surface area is 191 Å². The third-order valence-corrected chi connectivity index (χ3v) is 5.94. The monoisotopic (exact) mass is 435 g/mol. The van der Waals surface area contributed by atoms with Crippen molar-refractivity contribution in [3.05, 3.63) is 65.7 Å². The van der Waals surface area contributed by atoms with E-state index in [0.29, 0.717) is 54.5 Å². The molecule has 1 aliphatic heterocycles. The van der Waals surface area contributed by atoms with Gasteiger partial charge in [0.05, 0.1) is 30.0 Å². The molecule has 1 aromatic carbocycles. The van der Waals surface area contributed by atoms with E-state index < -0.39 is 0 Å². The number of aryl methyl sites for hydroxylation is 1. The Morgan fingerprint density at radius 3 is 2.67 bits per heavy atom. The molecule has 0 bridgehead atoms. The van der Waals surface area contributed by atoms with Crippen LogP contribution in [-0.4, -0.2) is 41.3 Å². The molecule has 1 aliphatic rings. The number of hydrogen-bond acceptors (Lipinski definition) is 7. The summed E-state index contributed by atoms with van der Waals surface area (Å²) in [4.78, 5) is 14.1. The number of H-pyrrole nitrogens is 1. The number of ether oxygens (including phenoxy) is 1. The highest BCUT2D eigenvalue weighted by molar-refractivity contribution is 5.91. The van der Waals surface area contributed by atoms with Crippen LogP contribution >= 0.6 is 0 Å². The predicted molar refractivity (Wildman–Crippen MR) is 126 cm³/mol. The van der Waals surface area contributed by atoms with E-state index in [4.69, 9.17) is 4.74 Å². The molecule has 4 heterocycles. The highest BCUT2D eigenvalue weighted by Crippen LogP contribution is 2.36. The van der Waals surface area contributed by atoms with Gasteiger partial charge in [-0.25, -0.2) is 4.98 Å². The fourth-order valence-corrected chi connectivity index (χ4v) is 4.17.